The van der Waals surface area contributed by atoms with E-state index in [1.807, 2.05) is 24.3 Å². The molecule has 1 fully saturated rings. The van der Waals surface area contributed by atoms with E-state index >= 15 is 0 Å². The Bertz CT molecular complexity index is 317. The number of hydrogen-bond donors (Lipinski definition) is 1. The number of benzene rings is 1. The molecule has 0 amide bonds. The number of rotatable bonds is 5. The Morgan fingerprint density at radius 3 is 2.65 bits per heavy atom. The smallest absolute Gasteiger partial charge is 0.120 e. The Balaban J connectivity index is 1.84. The molecule has 2 rings (SSSR count). The van der Waals surface area contributed by atoms with Crippen LogP contribution >= 0.6 is 0 Å². The summed E-state index contributed by atoms with van der Waals surface area (Å²) in [7, 11) is 0. The zero-order valence-corrected chi connectivity index (χ0v) is 10.4. The molecule has 3 nitrogen and oxygen atoms in total. The second kappa shape index (κ2) is 6.50. The van der Waals surface area contributed by atoms with Gasteiger partial charge in [0.1, 0.15) is 17.6 Å². The minimum Gasteiger partial charge on any atom is -0.494 e. The van der Waals surface area contributed by atoms with Gasteiger partial charge in [0.2, 0.25) is 0 Å². The molecule has 0 aromatic heterocycles. The summed E-state index contributed by atoms with van der Waals surface area (Å²) in [6.07, 6.45) is 3.68. The molecular formula is C14H21NO2. The van der Waals surface area contributed by atoms with Crippen LogP contribution in [0.15, 0.2) is 24.3 Å². The highest BCUT2D eigenvalue weighted by Crippen LogP contribution is 2.20. The minimum absolute atomic E-state index is 0.311. The third-order valence-electron chi connectivity index (χ3n) is 2.85. The highest BCUT2D eigenvalue weighted by atomic mass is 16.5. The van der Waals surface area contributed by atoms with Crippen LogP contribution in [0.1, 0.15) is 26.2 Å². The second-order valence-electron chi connectivity index (χ2n) is 4.41. The summed E-state index contributed by atoms with van der Waals surface area (Å²) in [5.41, 5.74) is 0. The van der Waals surface area contributed by atoms with Crippen LogP contribution in [-0.2, 0) is 0 Å². The van der Waals surface area contributed by atoms with Crippen molar-refractivity contribution in [2.24, 2.45) is 0 Å². The van der Waals surface area contributed by atoms with Gasteiger partial charge in [0.15, 0.2) is 0 Å². The van der Waals surface area contributed by atoms with E-state index in [4.69, 9.17) is 9.47 Å². The van der Waals surface area contributed by atoms with Crippen LogP contribution in [0, 0.1) is 0 Å². The highest BCUT2D eigenvalue weighted by molar-refractivity contribution is 5.31. The first-order valence-corrected chi connectivity index (χ1v) is 6.48. The molecular weight excluding hydrogens is 214 g/mol. The lowest BCUT2D eigenvalue weighted by atomic mass is 10.1. The number of hydrogen-bond acceptors (Lipinski definition) is 3. The maximum absolute atomic E-state index is 5.90. The maximum Gasteiger partial charge on any atom is 0.120 e. The van der Waals surface area contributed by atoms with Gasteiger partial charge in [-0.3, -0.25) is 0 Å². The predicted octanol–water partition coefficient (Wildman–Crippen LogP) is 2.61. The molecule has 1 aliphatic rings. The van der Waals surface area contributed by atoms with Crippen molar-refractivity contribution >= 4 is 0 Å². The van der Waals surface area contributed by atoms with E-state index in [2.05, 4.69) is 12.2 Å². The monoisotopic (exact) mass is 235 g/mol. The molecule has 1 N–H and O–H groups in total. The number of ether oxygens (including phenoxy) is 2. The van der Waals surface area contributed by atoms with Gasteiger partial charge in [-0.25, -0.2) is 0 Å². The molecule has 1 atom stereocenters. The maximum atomic E-state index is 5.90. The first-order valence-electron chi connectivity index (χ1n) is 6.48. The molecule has 1 heterocycles. The van der Waals surface area contributed by atoms with Crippen molar-refractivity contribution in [3.05, 3.63) is 24.3 Å². The van der Waals surface area contributed by atoms with Crippen LogP contribution in [0.4, 0.5) is 0 Å². The summed E-state index contributed by atoms with van der Waals surface area (Å²) in [5, 5.41) is 3.34. The molecule has 0 bridgehead atoms. The van der Waals surface area contributed by atoms with Crippen molar-refractivity contribution in [3.8, 4) is 11.5 Å². The fourth-order valence-electron chi connectivity index (χ4n) is 1.95. The van der Waals surface area contributed by atoms with Crippen molar-refractivity contribution in [1.82, 2.24) is 5.32 Å². The van der Waals surface area contributed by atoms with Crippen LogP contribution in [0.25, 0.3) is 0 Å². The van der Waals surface area contributed by atoms with E-state index in [0.717, 1.165) is 44.0 Å². The summed E-state index contributed by atoms with van der Waals surface area (Å²) in [6.45, 7) is 4.94. The van der Waals surface area contributed by atoms with E-state index in [1.165, 1.54) is 6.42 Å². The topological polar surface area (TPSA) is 30.5 Å². The Hall–Kier alpha value is -1.22. The van der Waals surface area contributed by atoms with Crippen LogP contribution in [0.5, 0.6) is 11.5 Å². The molecule has 0 radical (unpaired) electrons. The van der Waals surface area contributed by atoms with Crippen LogP contribution < -0.4 is 14.8 Å². The standard InChI is InChI=1S/C14H21NO2/c1-2-10-16-12-5-7-13(8-6-12)17-14-4-3-9-15-11-14/h5-8,14-15H,2-4,9-11H2,1H3. The fourth-order valence-corrected chi connectivity index (χ4v) is 1.95. The van der Waals surface area contributed by atoms with Gasteiger partial charge in [-0.2, -0.15) is 0 Å². The molecule has 0 aliphatic carbocycles. The molecule has 17 heavy (non-hydrogen) atoms. The number of piperidine rings is 1. The lowest BCUT2D eigenvalue weighted by Gasteiger charge is -2.23. The third kappa shape index (κ3) is 3.93. The van der Waals surface area contributed by atoms with Crippen LogP contribution in [0.3, 0.4) is 0 Å². The van der Waals surface area contributed by atoms with Crippen molar-refractivity contribution in [1.29, 1.82) is 0 Å². The normalized spacial score (nSPS) is 19.9. The Morgan fingerprint density at radius 1 is 1.24 bits per heavy atom. The van der Waals surface area contributed by atoms with Gasteiger partial charge in [-0.15, -0.1) is 0 Å². The van der Waals surface area contributed by atoms with E-state index in [-0.39, 0.29) is 0 Å². The molecule has 1 saturated heterocycles. The number of nitrogens with one attached hydrogen (secondary N) is 1. The van der Waals surface area contributed by atoms with Crippen LogP contribution in [0.2, 0.25) is 0 Å². The quantitative estimate of drug-likeness (QED) is 0.851. The van der Waals surface area contributed by atoms with Gasteiger partial charge < -0.3 is 14.8 Å². The molecule has 3 heteroatoms. The van der Waals surface area contributed by atoms with E-state index in [1.54, 1.807) is 0 Å². The fraction of sp³-hybridized carbons (Fsp3) is 0.571. The molecule has 94 valence electrons. The summed E-state index contributed by atoms with van der Waals surface area (Å²) in [5.74, 6) is 1.85. The van der Waals surface area contributed by atoms with Crippen LogP contribution in [-0.4, -0.2) is 25.8 Å². The second-order valence-corrected chi connectivity index (χ2v) is 4.41. The van der Waals surface area contributed by atoms with Gasteiger partial charge in [-0.05, 0) is 50.1 Å². The van der Waals surface area contributed by atoms with E-state index < -0.39 is 0 Å². The molecule has 0 saturated carbocycles. The summed E-state index contributed by atoms with van der Waals surface area (Å²) < 4.78 is 11.4. The third-order valence-corrected chi connectivity index (χ3v) is 2.85. The lowest BCUT2D eigenvalue weighted by molar-refractivity contribution is 0.167. The van der Waals surface area contributed by atoms with Gasteiger partial charge in [0, 0.05) is 6.54 Å². The summed E-state index contributed by atoms with van der Waals surface area (Å²) >= 11 is 0. The minimum atomic E-state index is 0.311. The zero-order valence-electron chi connectivity index (χ0n) is 10.4. The molecule has 1 unspecified atom stereocenters. The van der Waals surface area contributed by atoms with E-state index in [0.29, 0.717) is 6.10 Å². The Labute approximate surface area is 103 Å². The van der Waals surface area contributed by atoms with Gasteiger partial charge >= 0.3 is 0 Å². The largest absolute Gasteiger partial charge is 0.494 e. The van der Waals surface area contributed by atoms with Crippen molar-refractivity contribution in [2.45, 2.75) is 32.3 Å². The molecule has 1 aromatic carbocycles. The summed E-state index contributed by atoms with van der Waals surface area (Å²) in [4.78, 5) is 0. The molecule has 1 aliphatic heterocycles. The first-order chi connectivity index (χ1) is 8.38. The Kier molecular flexibility index (Phi) is 4.68. The van der Waals surface area contributed by atoms with Crippen molar-refractivity contribution < 1.29 is 9.47 Å². The Morgan fingerprint density at radius 2 is 2.00 bits per heavy atom. The summed E-state index contributed by atoms with van der Waals surface area (Å²) in [6, 6.07) is 7.92. The average molecular weight is 235 g/mol. The zero-order chi connectivity index (χ0) is 11.9. The van der Waals surface area contributed by atoms with E-state index in [9.17, 15) is 0 Å². The van der Waals surface area contributed by atoms with Crippen molar-refractivity contribution in [3.63, 3.8) is 0 Å². The molecule has 1 aromatic rings. The lowest BCUT2D eigenvalue weighted by Crippen LogP contribution is -2.37. The average Bonchev–Trinajstić information content (AvgIpc) is 2.39. The predicted molar refractivity (Wildman–Crippen MR) is 68.7 cm³/mol. The van der Waals surface area contributed by atoms with Crippen molar-refractivity contribution in [2.75, 3.05) is 19.7 Å². The molecule has 0 spiro atoms. The highest BCUT2D eigenvalue weighted by Gasteiger charge is 2.13. The van der Waals surface area contributed by atoms with Gasteiger partial charge in [-0.1, -0.05) is 6.92 Å². The SMILES string of the molecule is CCCOc1ccc(OC2CCCNC2)cc1. The van der Waals surface area contributed by atoms with Gasteiger partial charge in [0.05, 0.1) is 6.61 Å². The van der Waals surface area contributed by atoms with Gasteiger partial charge in [0.25, 0.3) is 0 Å². The first kappa shape index (κ1) is 12.2.